The van der Waals surface area contributed by atoms with E-state index in [2.05, 4.69) is 134 Å². The molecule has 5 nitrogen and oxygen atoms in total. The van der Waals surface area contributed by atoms with Crippen molar-refractivity contribution in [3.8, 4) is 22.4 Å². The van der Waals surface area contributed by atoms with Crippen LogP contribution < -0.4 is 4.90 Å². The van der Waals surface area contributed by atoms with Crippen molar-refractivity contribution in [2.45, 2.75) is 41.5 Å². The quantitative estimate of drug-likeness (QED) is 0.220. The number of anilines is 3. The lowest BCUT2D eigenvalue weighted by atomic mass is 9.89. The number of para-hydroxylation sites is 1. The van der Waals surface area contributed by atoms with E-state index in [0.29, 0.717) is 11.3 Å². The normalized spacial score (nSPS) is 11.2. The van der Waals surface area contributed by atoms with Gasteiger partial charge in [-0.2, -0.15) is 0 Å². The van der Waals surface area contributed by atoms with Crippen molar-refractivity contribution in [3.05, 3.63) is 125 Å². The highest BCUT2D eigenvalue weighted by molar-refractivity contribution is 5.88. The molecule has 0 unspecified atom stereocenters. The van der Waals surface area contributed by atoms with Crippen LogP contribution >= 0.6 is 0 Å². The summed E-state index contributed by atoms with van der Waals surface area (Å²) in [6, 6.07) is 25.9. The molecule has 2 aromatic heterocycles. The van der Waals surface area contributed by atoms with Crippen LogP contribution in [-0.2, 0) is 0 Å². The van der Waals surface area contributed by atoms with Crippen LogP contribution in [0.25, 0.3) is 33.7 Å². The van der Waals surface area contributed by atoms with Gasteiger partial charge in [0.25, 0.3) is 0 Å². The maximum Gasteiger partial charge on any atom is 0.198 e. The Hall–Kier alpha value is -4.90. The highest BCUT2D eigenvalue weighted by atomic mass is 15.2. The lowest BCUT2D eigenvalue weighted by Crippen LogP contribution is -2.17. The molecular formula is C36H33N5. The molecule has 0 atom stereocenters. The molecule has 0 aliphatic carbocycles. The minimum absolute atomic E-state index is 0.553. The molecule has 0 amide bonds. The maximum atomic E-state index is 4.86. The lowest BCUT2D eigenvalue weighted by molar-refractivity contribution is 1.13. The summed E-state index contributed by atoms with van der Waals surface area (Å²) in [6.45, 7) is 13.2. The Morgan fingerprint density at radius 3 is 1.73 bits per heavy atom. The molecule has 6 aromatic rings. The topological polar surface area (TPSA) is 54.8 Å². The SMILES string of the molecule is Cc1cccc(C)c1N(c1ccc(-c2ccccc2)cc1)c1c(C)c(C)c(-c2cnc3nccnc3n2)c(C)c1C. The number of hydrogen-bond acceptors (Lipinski definition) is 5. The Labute approximate surface area is 241 Å². The monoisotopic (exact) mass is 535 g/mol. The van der Waals surface area contributed by atoms with Crippen LogP contribution in [0.4, 0.5) is 17.1 Å². The number of aryl methyl sites for hydroxylation is 2. The van der Waals surface area contributed by atoms with E-state index in [1.807, 2.05) is 6.20 Å². The lowest BCUT2D eigenvalue weighted by Gasteiger charge is -2.33. The van der Waals surface area contributed by atoms with Crippen LogP contribution in [0.2, 0.25) is 0 Å². The summed E-state index contributed by atoms with van der Waals surface area (Å²) in [5.74, 6) is 0. The van der Waals surface area contributed by atoms with Gasteiger partial charge in [-0.25, -0.2) is 19.9 Å². The van der Waals surface area contributed by atoms with Gasteiger partial charge in [-0.1, -0.05) is 60.7 Å². The molecule has 0 saturated heterocycles. The van der Waals surface area contributed by atoms with Gasteiger partial charge in [0.15, 0.2) is 11.3 Å². The van der Waals surface area contributed by atoms with Crippen molar-refractivity contribution < 1.29 is 0 Å². The van der Waals surface area contributed by atoms with Gasteiger partial charge in [0.2, 0.25) is 0 Å². The van der Waals surface area contributed by atoms with Crippen molar-refractivity contribution in [1.29, 1.82) is 0 Å². The molecule has 4 aromatic carbocycles. The van der Waals surface area contributed by atoms with E-state index in [9.17, 15) is 0 Å². The van der Waals surface area contributed by atoms with Crippen molar-refractivity contribution in [2.24, 2.45) is 0 Å². The van der Waals surface area contributed by atoms with Gasteiger partial charge >= 0.3 is 0 Å². The number of hydrogen-bond donors (Lipinski definition) is 0. The summed E-state index contributed by atoms with van der Waals surface area (Å²) in [5, 5.41) is 0. The van der Waals surface area contributed by atoms with E-state index in [0.717, 1.165) is 16.9 Å². The average Bonchev–Trinajstić information content (AvgIpc) is 3.00. The molecule has 0 saturated carbocycles. The first-order chi connectivity index (χ1) is 19.8. The summed E-state index contributed by atoms with van der Waals surface area (Å²) >= 11 is 0. The first-order valence-electron chi connectivity index (χ1n) is 13.9. The van der Waals surface area contributed by atoms with Crippen molar-refractivity contribution in [1.82, 2.24) is 19.9 Å². The summed E-state index contributed by atoms with van der Waals surface area (Å²) in [6.07, 6.45) is 5.12. The fraction of sp³-hybridized carbons (Fsp3) is 0.167. The molecule has 41 heavy (non-hydrogen) atoms. The van der Waals surface area contributed by atoms with Crippen LogP contribution in [0.15, 0.2) is 91.4 Å². The van der Waals surface area contributed by atoms with Crippen LogP contribution in [0, 0.1) is 41.5 Å². The van der Waals surface area contributed by atoms with E-state index in [1.54, 1.807) is 12.4 Å². The smallest absolute Gasteiger partial charge is 0.198 e. The van der Waals surface area contributed by atoms with Gasteiger partial charge in [-0.15, -0.1) is 0 Å². The van der Waals surface area contributed by atoms with E-state index >= 15 is 0 Å². The number of rotatable bonds is 5. The second-order valence-corrected chi connectivity index (χ2v) is 10.7. The van der Waals surface area contributed by atoms with Crippen LogP contribution in [0.1, 0.15) is 33.4 Å². The van der Waals surface area contributed by atoms with Gasteiger partial charge in [0.05, 0.1) is 23.3 Å². The third-order valence-electron chi connectivity index (χ3n) is 8.16. The van der Waals surface area contributed by atoms with Gasteiger partial charge < -0.3 is 4.90 Å². The molecule has 0 radical (unpaired) electrons. The first-order valence-corrected chi connectivity index (χ1v) is 13.9. The fourth-order valence-corrected chi connectivity index (χ4v) is 5.85. The first kappa shape index (κ1) is 26.3. The highest BCUT2D eigenvalue weighted by Crippen LogP contribution is 2.46. The molecular weight excluding hydrogens is 502 g/mol. The standard InChI is InChI=1S/C36H33N5/c1-22-11-10-12-23(2)33(22)41(30-17-15-29(16-18-30)28-13-8-7-9-14-28)34-26(5)24(3)32(25(4)27(34)6)31-21-39-35-36(40-31)38-20-19-37-35/h7-21H,1-6H3. The highest BCUT2D eigenvalue weighted by Gasteiger charge is 2.25. The van der Waals surface area contributed by atoms with E-state index in [-0.39, 0.29) is 0 Å². The predicted octanol–water partition coefficient (Wildman–Crippen LogP) is 9.07. The molecule has 6 rings (SSSR count). The van der Waals surface area contributed by atoms with E-state index in [1.165, 1.54) is 55.9 Å². The Bertz CT molecular complexity index is 1840. The molecule has 0 aliphatic rings. The summed E-state index contributed by atoms with van der Waals surface area (Å²) in [4.78, 5) is 20.6. The number of nitrogens with zero attached hydrogens (tertiary/aromatic N) is 5. The molecule has 2 heterocycles. The zero-order valence-electron chi connectivity index (χ0n) is 24.4. The summed E-state index contributed by atoms with van der Waals surface area (Å²) < 4.78 is 0. The van der Waals surface area contributed by atoms with Crippen LogP contribution in [-0.4, -0.2) is 19.9 Å². The number of fused-ring (bicyclic) bond motifs is 1. The van der Waals surface area contributed by atoms with Gasteiger partial charge in [0.1, 0.15) is 0 Å². The average molecular weight is 536 g/mol. The van der Waals surface area contributed by atoms with E-state index in [4.69, 9.17) is 4.98 Å². The summed E-state index contributed by atoms with van der Waals surface area (Å²) in [7, 11) is 0. The van der Waals surface area contributed by atoms with Gasteiger partial charge in [-0.05, 0) is 98.2 Å². The Kier molecular flexibility index (Phi) is 6.80. The maximum absolute atomic E-state index is 4.86. The second kappa shape index (κ2) is 10.6. The van der Waals surface area contributed by atoms with Crippen LogP contribution in [0.5, 0.6) is 0 Å². The zero-order valence-corrected chi connectivity index (χ0v) is 24.4. The van der Waals surface area contributed by atoms with Crippen LogP contribution in [0.3, 0.4) is 0 Å². The van der Waals surface area contributed by atoms with Gasteiger partial charge in [0, 0.05) is 23.6 Å². The Morgan fingerprint density at radius 2 is 1.10 bits per heavy atom. The molecule has 0 aliphatic heterocycles. The molecule has 0 bridgehead atoms. The molecule has 0 fully saturated rings. The third kappa shape index (κ3) is 4.63. The molecule has 0 N–H and O–H groups in total. The second-order valence-electron chi connectivity index (χ2n) is 10.7. The minimum atomic E-state index is 0.553. The number of benzene rings is 4. The largest absolute Gasteiger partial charge is 0.309 e. The third-order valence-corrected chi connectivity index (χ3v) is 8.16. The van der Waals surface area contributed by atoms with Crippen molar-refractivity contribution >= 4 is 28.4 Å². The zero-order chi connectivity index (χ0) is 28.7. The summed E-state index contributed by atoms with van der Waals surface area (Å²) in [5.41, 5.74) is 16.2. The van der Waals surface area contributed by atoms with Crippen molar-refractivity contribution in [3.63, 3.8) is 0 Å². The number of aromatic nitrogens is 4. The molecule has 0 spiro atoms. The Balaban J connectivity index is 1.56. The predicted molar refractivity (Wildman–Crippen MR) is 169 cm³/mol. The van der Waals surface area contributed by atoms with Gasteiger partial charge in [-0.3, -0.25) is 0 Å². The minimum Gasteiger partial charge on any atom is -0.309 e. The molecule has 5 heteroatoms. The molecule has 202 valence electrons. The van der Waals surface area contributed by atoms with E-state index < -0.39 is 0 Å². The van der Waals surface area contributed by atoms with Crippen molar-refractivity contribution in [2.75, 3.05) is 4.90 Å². The fourth-order valence-electron chi connectivity index (χ4n) is 5.85. The Morgan fingerprint density at radius 1 is 0.512 bits per heavy atom.